The lowest BCUT2D eigenvalue weighted by molar-refractivity contribution is -0.138. The van der Waals surface area contributed by atoms with Crippen molar-refractivity contribution in [3.05, 3.63) is 16.1 Å². The Balaban J connectivity index is 1.94. The van der Waals surface area contributed by atoms with Gasteiger partial charge in [0, 0.05) is 24.7 Å². The summed E-state index contributed by atoms with van der Waals surface area (Å²) in [5.74, 6) is 0.0699. The van der Waals surface area contributed by atoms with Gasteiger partial charge in [0.25, 0.3) is 0 Å². The number of hydrogen-bond donors (Lipinski definition) is 1. The summed E-state index contributed by atoms with van der Waals surface area (Å²) < 4.78 is 5.51. The Morgan fingerprint density at radius 1 is 1.68 bits per heavy atom. The standard InChI is InChI=1S/C13H21N3O2S/c1-4-10-7-15-11(19-10)8-16(3)13(17)12-9(2)18-6-5-14-12/h7,9,12,14H,4-6,8H2,1-3H3/t9-,12+/m1/s1. The van der Waals surface area contributed by atoms with Crippen molar-refractivity contribution in [3.63, 3.8) is 0 Å². The topological polar surface area (TPSA) is 54.5 Å². The highest BCUT2D eigenvalue weighted by Crippen LogP contribution is 2.16. The normalized spacial score (nSPS) is 23.3. The molecule has 19 heavy (non-hydrogen) atoms. The minimum atomic E-state index is -0.246. The molecular formula is C13H21N3O2S. The molecule has 2 rings (SSSR count). The molecule has 0 bridgehead atoms. The van der Waals surface area contributed by atoms with Gasteiger partial charge in [-0.15, -0.1) is 11.3 Å². The molecule has 0 aromatic carbocycles. The van der Waals surface area contributed by atoms with Gasteiger partial charge in [0.15, 0.2) is 0 Å². The van der Waals surface area contributed by atoms with Crippen LogP contribution in [0, 0.1) is 0 Å². The van der Waals surface area contributed by atoms with Gasteiger partial charge in [-0.25, -0.2) is 4.98 Å². The number of carbonyl (C=O) groups is 1. The van der Waals surface area contributed by atoms with Crippen LogP contribution in [0.1, 0.15) is 23.7 Å². The Morgan fingerprint density at radius 2 is 2.47 bits per heavy atom. The van der Waals surface area contributed by atoms with E-state index in [1.165, 1.54) is 4.88 Å². The van der Waals surface area contributed by atoms with E-state index in [1.807, 2.05) is 20.2 Å². The van der Waals surface area contributed by atoms with E-state index in [4.69, 9.17) is 4.74 Å². The fraction of sp³-hybridized carbons (Fsp3) is 0.692. The molecular weight excluding hydrogens is 262 g/mol. The molecule has 1 saturated heterocycles. The minimum absolute atomic E-state index is 0.0699. The largest absolute Gasteiger partial charge is 0.375 e. The lowest BCUT2D eigenvalue weighted by Crippen LogP contribution is -2.55. The second-order valence-electron chi connectivity index (χ2n) is 4.78. The van der Waals surface area contributed by atoms with Crippen LogP contribution in [-0.4, -0.2) is 48.1 Å². The van der Waals surface area contributed by atoms with Crippen molar-refractivity contribution in [2.24, 2.45) is 0 Å². The molecule has 1 amide bonds. The van der Waals surface area contributed by atoms with E-state index in [-0.39, 0.29) is 18.1 Å². The van der Waals surface area contributed by atoms with Crippen molar-refractivity contribution < 1.29 is 9.53 Å². The highest BCUT2D eigenvalue weighted by Gasteiger charge is 2.30. The van der Waals surface area contributed by atoms with Crippen LogP contribution in [-0.2, 0) is 22.5 Å². The number of likely N-dealkylation sites (N-methyl/N-ethyl adjacent to an activating group) is 1. The first kappa shape index (κ1) is 14.4. The van der Waals surface area contributed by atoms with Gasteiger partial charge < -0.3 is 15.0 Å². The van der Waals surface area contributed by atoms with Crippen LogP contribution in [0.5, 0.6) is 0 Å². The third-order valence-electron chi connectivity index (χ3n) is 3.28. The number of hydrogen-bond acceptors (Lipinski definition) is 5. The predicted octanol–water partition coefficient (Wildman–Crippen LogP) is 1.04. The Kier molecular flexibility index (Phi) is 4.90. The number of thiazole rings is 1. The number of morpholine rings is 1. The van der Waals surface area contributed by atoms with Crippen molar-refractivity contribution in [2.45, 2.75) is 39.0 Å². The molecule has 0 spiro atoms. The summed E-state index contributed by atoms with van der Waals surface area (Å²) >= 11 is 1.67. The maximum Gasteiger partial charge on any atom is 0.242 e. The van der Waals surface area contributed by atoms with Crippen LogP contribution in [0.4, 0.5) is 0 Å². The third-order valence-corrected chi connectivity index (χ3v) is 4.41. The van der Waals surface area contributed by atoms with Crippen molar-refractivity contribution in [3.8, 4) is 0 Å². The van der Waals surface area contributed by atoms with Gasteiger partial charge in [0.2, 0.25) is 5.91 Å². The minimum Gasteiger partial charge on any atom is -0.375 e. The zero-order valence-electron chi connectivity index (χ0n) is 11.7. The first-order chi connectivity index (χ1) is 9.11. The average molecular weight is 283 g/mol. The second kappa shape index (κ2) is 6.45. The molecule has 1 N–H and O–H groups in total. The summed E-state index contributed by atoms with van der Waals surface area (Å²) in [7, 11) is 1.82. The summed E-state index contributed by atoms with van der Waals surface area (Å²) in [6, 6.07) is -0.246. The van der Waals surface area contributed by atoms with Gasteiger partial charge in [0.1, 0.15) is 11.0 Å². The monoisotopic (exact) mass is 283 g/mol. The summed E-state index contributed by atoms with van der Waals surface area (Å²) in [5.41, 5.74) is 0. The highest BCUT2D eigenvalue weighted by atomic mass is 32.1. The molecule has 0 saturated carbocycles. The molecule has 106 valence electrons. The van der Waals surface area contributed by atoms with Crippen molar-refractivity contribution in [1.82, 2.24) is 15.2 Å². The van der Waals surface area contributed by atoms with E-state index in [0.717, 1.165) is 18.0 Å². The van der Waals surface area contributed by atoms with E-state index in [0.29, 0.717) is 13.2 Å². The maximum atomic E-state index is 12.3. The van der Waals surface area contributed by atoms with E-state index in [9.17, 15) is 4.79 Å². The van der Waals surface area contributed by atoms with Crippen LogP contribution in [0.25, 0.3) is 0 Å². The molecule has 0 unspecified atom stereocenters. The number of aromatic nitrogens is 1. The van der Waals surface area contributed by atoms with Gasteiger partial charge in [-0.05, 0) is 13.3 Å². The van der Waals surface area contributed by atoms with Crippen molar-refractivity contribution in [1.29, 1.82) is 0 Å². The number of aryl methyl sites for hydroxylation is 1. The predicted molar refractivity (Wildman–Crippen MR) is 75.2 cm³/mol. The molecule has 1 aromatic heterocycles. The summed E-state index contributed by atoms with van der Waals surface area (Å²) in [6.45, 7) is 6.00. The van der Waals surface area contributed by atoms with Gasteiger partial charge in [-0.2, -0.15) is 0 Å². The average Bonchev–Trinajstić information content (AvgIpc) is 2.86. The fourth-order valence-corrected chi connectivity index (χ4v) is 3.03. The van der Waals surface area contributed by atoms with Crippen LogP contribution >= 0.6 is 11.3 Å². The summed E-state index contributed by atoms with van der Waals surface area (Å²) in [6.07, 6.45) is 2.80. The number of nitrogens with zero attached hydrogens (tertiary/aromatic N) is 2. The van der Waals surface area contributed by atoms with E-state index in [2.05, 4.69) is 17.2 Å². The van der Waals surface area contributed by atoms with E-state index in [1.54, 1.807) is 16.2 Å². The lowest BCUT2D eigenvalue weighted by atomic mass is 10.1. The molecule has 5 nitrogen and oxygen atoms in total. The van der Waals surface area contributed by atoms with Crippen LogP contribution in [0.3, 0.4) is 0 Å². The smallest absolute Gasteiger partial charge is 0.242 e. The van der Waals surface area contributed by atoms with Gasteiger partial charge in [-0.3, -0.25) is 4.79 Å². The number of amides is 1. The quantitative estimate of drug-likeness (QED) is 0.897. The van der Waals surface area contributed by atoms with Gasteiger partial charge in [-0.1, -0.05) is 6.92 Å². The van der Waals surface area contributed by atoms with Gasteiger partial charge in [0.05, 0.1) is 19.3 Å². The maximum absolute atomic E-state index is 12.3. The molecule has 1 aromatic rings. The van der Waals surface area contributed by atoms with Gasteiger partial charge >= 0.3 is 0 Å². The molecule has 1 aliphatic heterocycles. The number of carbonyl (C=O) groups excluding carboxylic acids is 1. The first-order valence-corrected chi connectivity index (χ1v) is 7.47. The van der Waals surface area contributed by atoms with E-state index < -0.39 is 0 Å². The SMILES string of the molecule is CCc1cnc(CN(C)C(=O)[C@H]2NCCO[C@@H]2C)s1. The zero-order valence-corrected chi connectivity index (χ0v) is 12.5. The highest BCUT2D eigenvalue weighted by molar-refractivity contribution is 7.11. The van der Waals surface area contributed by atoms with Crippen LogP contribution in [0.15, 0.2) is 6.20 Å². The Morgan fingerprint density at radius 3 is 3.11 bits per heavy atom. The molecule has 6 heteroatoms. The second-order valence-corrected chi connectivity index (χ2v) is 5.98. The Hall–Kier alpha value is -0.980. The molecule has 0 radical (unpaired) electrons. The summed E-state index contributed by atoms with van der Waals surface area (Å²) in [5, 5.41) is 4.20. The van der Waals surface area contributed by atoms with Crippen molar-refractivity contribution in [2.75, 3.05) is 20.2 Å². The van der Waals surface area contributed by atoms with Crippen LogP contribution in [0.2, 0.25) is 0 Å². The lowest BCUT2D eigenvalue weighted by Gasteiger charge is -2.32. The third kappa shape index (κ3) is 3.52. The number of rotatable bonds is 4. The zero-order chi connectivity index (χ0) is 13.8. The molecule has 2 heterocycles. The fourth-order valence-electron chi connectivity index (χ4n) is 2.11. The number of ether oxygens (including phenoxy) is 1. The number of nitrogens with one attached hydrogen (secondary N) is 1. The van der Waals surface area contributed by atoms with E-state index >= 15 is 0 Å². The van der Waals surface area contributed by atoms with Crippen LogP contribution < -0.4 is 5.32 Å². The molecule has 1 aliphatic rings. The summed E-state index contributed by atoms with van der Waals surface area (Å²) in [4.78, 5) is 19.7. The molecule has 2 atom stereocenters. The molecule has 1 fully saturated rings. The Bertz CT molecular complexity index is 435. The van der Waals surface area contributed by atoms with Crippen molar-refractivity contribution >= 4 is 17.2 Å². The first-order valence-electron chi connectivity index (χ1n) is 6.65. The Labute approximate surface area is 118 Å². The molecule has 0 aliphatic carbocycles.